The second-order valence-corrected chi connectivity index (χ2v) is 6.41. The van der Waals surface area contributed by atoms with Crippen molar-refractivity contribution in [1.82, 2.24) is 10.5 Å². The van der Waals surface area contributed by atoms with Gasteiger partial charge in [0.15, 0.2) is 0 Å². The summed E-state index contributed by atoms with van der Waals surface area (Å²) in [6.07, 6.45) is -5.80. The molecule has 11 heteroatoms. The lowest BCUT2D eigenvalue weighted by molar-refractivity contribution is -0.493. The molecule has 0 radical (unpaired) electrons. The van der Waals surface area contributed by atoms with Crippen LogP contribution in [0.1, 0.15) is 23.6 Å². The maximum atomic E-state index is 12.4. The molecule has 0 saturated heterocycles. The van der Waals surface area contributed by atoms with Gasteiger partial charge in [0, 0.05) is 23.9 Å². The highest BCUT2D eigenvalue weighted by Crippen LogP contribution is 2.24. The van der Waals surface area contributed by atoms with Crippen molar-refractivity contribution >= 4 is 11.4 Å². The molecule has 2 aromatic carbocycles. The standard InChI is InChI=1S/C19H24F3N5O3/c1-12-6-4-9-17(24-18(28)27(3)26-23)16(12)11-29-25-13(2)14-7-5-8-15(10-14)30-19(20,21)22/h4-10,18,24,26,28H,11,23H2,1-3H3/p+1. The highest BCUT2D eigenvalue weighted by atomic mass is 19.4. The lowest BCUT2D eigenvalue weighted by Gasteiger charge is -2.23. The third-order valence-corrected chi connectivity index (χ3v) is 4.21. The average molecular weight is 428 g/mol. The number of hydrogen-bond donors (Lipinski definition) is 4. The molecule has 2 aromatic rings. The van der Waals surface area contributed by atoms with Crippen LogP contribution in [0.5, 0.6) is 5.75 Å². The average Bonchev–Trinajstić information content (AvgIpc) is 2.68. The number of alkyl halides is 3. The number of anilines is 1. The first-order chi connectivity index (χ1) is 14.1. The largest absolute Gasteiger partial charge is 0.573 e. The molecule has 0 fully saturated rings. The Balaban J connectivity index is 2.10. The summed E-state index contributed by atoms with van der Waals surface area (Å²) in [6, 6.07) is 11.0. The predicted molar refractivity (Wildman–Crippen MR) is 105 cm³/mol. The van der Waals surface area contributed by atoms with Crippen molar-refractivity contribution < 1.29 is 33.7 Å². The topological polar surface area (TPSA) is 106 Å². The summed E-state index contributed by atoms with van der Waals surface area (Å²) in [5.41, 5.74) is 5.67. The van der Waals surface area contributed by atoms with E-state index in [0.717, 1.165) is 11.1 Å². The molecule has 1 atom stereocenters. The van der Waals surface area contributed by atoms with Crippen molar-refractivity contribution in [2.75, 3.05) is 12.4 Å². The Hall–Kier alpha value is -2.86. The summed E-state index contributed by atoms with van der Waals surface area (Å²) in [4.78, 5) is 5.43. The molecule has 0 aromatic heterocycles. The normalized spacial score (nSPS) is 13.3. The molecule has 2 rings (SSSR count). The third kappa shape index (κ3) is 6.88. The molecule has 1 unspecified atom stereocenters. The smallest absolute Gasteiger partial charge is 0.406 e. The van der Waals surface area contributed by atoms with Crippen molar-refractivity contribution in [3.8, 4) is 5.75 Å². The van der Waals surface area contributed by atoms with E-state index in [9.17, 15) is 18.3 Å². The molecule has 0 saturated carbocycles. The summed E-state index contributed by atoms with van der Waals surface area (Å²) >= 11 is 0. The second kappa shape index (κ2) is 10.3. The Morgan fingerprint density at radius 2 is 1.97 bits per heavy atom. The van der Waals surface area contributed by atoms with Gasteiger partial charge in [-0.2, -0.15) is 5.01 Å². The van der Waals surface area contributed by atoms with Gasteiger partial charge in [0.1, 0.15) is 12.4 Å². The molecule has 0 aliphatic carbocycles. The van der Waals surface area contributed by atoms with Crippen LogP contribution in [0.15, 0.2) is 47.6 Å². The van der Waals surface area contributed by atoms with E-state index in [1.807, 2.05) is 19.1 Å². The van der Waals surface area contributed by atoms with Gasteiger partial charge in [-0.3, -0.25) is 5.84 Å². The van der Waals surface area contributed by atoms with E-state index in [2.05, 4.69) is 26.6 Å². The highest BCUT2D eigenvalue weighted by Gasteiger charge is 2.31. The number of aliphatic hydroxyl groups is 1. The number of benzene rings is 2. The fraction of sp³-hybridized carbons (Fsp3) is 0.316. The first-order valence-corrected chi connectivity index (χ1v) is 8.92. The van der Waals surface area contributed by atoms with Crippen molar-refractivity contribution in [3.63, 3.8) is 0 Å². The van der Waals surface area contributed by atoms with Crippen molar-refractivity contribution in [2.24, 2.45) is 5.16 Å². The Morgan fingerprint density at radius 1 is 1.27 bits per heavy atom. The predicted octanol–water partition coefficient (Wildman–Crippen LogP) is 2.12. The first-order valence-electron chi connectivity index (χ1n) is 8.92. The Kier molecular flexibility index (Phi) is 8.00. The van der Waals surface area contributed by atoms with E-state index in [1.165, 1.54) is 23.2 Å². The zero-order chi connectivity index (χ0) is 22.3. The second-order valence-electron chi connectivity index (χ2n) is 6.41. The maximum Gasteiger partial charge on any atom is 0.573 e. The van der Waals surface area contributed by atoms with Crippen LogP contribution in [0.2, 0.25) is 0 Å². The van der Waals surface area contributed by atoms with Gasteiger partial charge < -0.3 is 20.0 Å². The number of hydrogen-bond acceptors (Lipinski definition) is 7. The van der Waals surface area contributed by atoms with Crippen LogP contribution in [-0.2, 0) is 11.4 Å². The molecule has 0 amide bonds. The van der Waals surface area contributed by atoms with E-state index in [4.69, 9.17) is 4.84 Å². The van der Waals surface area contributed by atoms with Gasteiger partial charge in [-0.15, -0.1) is 13.2 Å². The Morgan fingerprint density at radius 3 is 2.63 bits per heavy atom. The Labute approximate surface area is 172 Å². The monoisotopic (exact) mass is 428 g/mol. The Bertz CT molecular complexity index is 877. The van der Waals surface area contributed by atoms with Gasteiger partial charge in [-0.1, -0.05) is 35.0 Å². The van der Waals surface area contributed by atoms with Crippen LogP contribution in [0, 0.1) is 6.92 Å². The molecular formula is C19H25F3N5O3+. The van der Waals surface area contributed by atoms with Gasteiger partial charge in [0.25, 0.3) is 0 Å². The lowest BCUT2D eigenvalue weighted by atomic mass is 10.1. The third-order valence-electron chi connectivity index (χ3n) is 4.21. The molecule has 0 bridgehead atoms. The van der Waals surface area contributed by atoms with Crippen LogP contribution in [-0.4, -0.2) is 35.6 Å². The molecule has 0 aliphatic rings. The van der Waals surface area contributed by atoms with Crippen molar-refractivity contribution in [2.45, 2.75) is 33.2 Å². The minimum Gasteiger partial charge on any atom is -0.406 e. The number of oxime groups is 1. The zero-order valence-corrected chi connectivity index (χ0v) is 16.8. The quantitative estimate of drug-likeness (QED) is 0.277. The number of aliphatic hydroxyl groups excluding tert-OH is 1. The number of quaternary nitrogens is 1. The minimum atomic E-state index is -4.77. The van der Waals surface area contributed by atoms with Crippen molar-refractivity contribution in [3.05, 3.63) is 59.2 Å². The number of aryl methyl sites for hydroxylation is 1. The fourth-order valence-electron chi connectivity index (χ4n) is 2.52. The fourth-order valence-corrected chi connectivity index (χ4v) is 2.52. The summed E-state index contributed by atoms with van der Waals surface area (Å²) in [5.74, 6) is 3.14. The SMILES string of the molecule is CC(=NOCc1c(C)cccc1NC(O)N(C)N[NH3+])c1cccc(OC(F)(F)F)c1. The molecule has 0 spiro atoms. The summed E-state index contributed by atoms with van der Waals surface area (Å²) in [5, 5.41) is 18.4. The van der Waals surface area contributed by atoms with Gasteiger partial charge >= 0.3 is 6.36 Å². The van der Waals surface area contributed by atoms with Gasteiger partial charge in [0.2, 0.25) is 6.35 Å². The molecule has 6 N–H and O–H groups in total. The number of nitrogens with one attached hydrogen (secondary N) is 2. The van der Waals surface area contributed by atoms with E-state index < -0.39 is 12.7 Å². The molecular weight excluding hydrogens is 403 g/mol. The molecule has 30 heavy (non-hydrogen) atoms. The van der Waals surface area contributed by atoms with E-state index in [0.29, 0.717) is 17.0 Å². The number of rotatable bonds is 9. The van der Waals surface area contributed by atoms with Crippen LogP contribution in [0.25, 0.3) is 0 Å². The number of hydrazine groups is 1. The molecule has 8 nitrogen and oxygen atoms in total. The molecule has 164 valence electrons. The van der Waals surface area contributed by atoms with Gasteiger partial charge in [0.05, 0.1) is 5.71 Å². The number of nitrogens with zero attached hydrogens (tertiary/aromatic N) is 2. The maximum absolute atomic E-state index is 12.4. The van der Waals surface area contributed by atoms with Gasteiger partial charge in [-0.05, 0) is 37.6 Å². The van der Waals surface area contributed by atoms with Crippen molar-refractivity contribution in [1.29, 1.82) is 0 Å². The van der Waals surface area contributed by atoms with Crippen LogP contribution < -0.4 is 21.4 Å². The summed E-state index contributed by atoms with van der Waals surface area (Å²) in [7, 11) is 1.61. The summed E-state index contributed by atoms with van der Waals surface area (Å²) < 4.78 is 41.1. The summed E-state index contributed by atoms with van der Waals surface area (Å²) in [6.45, 7) is 3.58. The van der Waals surface area contributed by atoms with Crippen LogP contribution in [0.3, 0.4) is 0 Å². The van der Waals surface area contributed by atoms with Crippen LogP contribution >= 0.6 is 0 Å². The van der Waals surface area contributed by atoms with E-state index >= 15 is 0 Å². The highest BCUT2D eigenvalue weighted by molar-refractivity contribution is 5.98. The van der Waals surface area contributed by atoms with Crippen LogP contribution in [0.4, 0.5) is 18.9 Å². The van der Waals surface area contributed by atoms with Gasteiger partial charge in [-0.25, -0.2) is 0 Å². The van der Waals surface area contributed by atoms with E-state index in [-0.39, 0.29) is 12.4 Å². The lowest BCUT2D eigenvalue weighted by Crippen LogP contribution is -2.73. The number of halogens is 3. The molecule has 0 aliphatic heterocycles. The first kappa shape index (κ1) is 23.4. The minimum absolute atomic E-state index is 0.0827. The molecule has 0 heterocycles. The van der Waals surface area contributed by atoms with E-state index in [1.54, 1.807) is 26.1 Å². The number of ether oxygens (including phenoxy) is 1. The zero-order valence-electron chi connectivity index (χ0n) is 16.8.